The van der Waals surface area contributed by atoms with E-state index in [0.717, 1.165) is 17.0 Å². The van der Waals surface area contributed by atoms with E-state index in [9.17, 15) is 4.39 Å². The van der Waals surface area contributed by atoms with Gasteiger partial charge >= 0.3 is 0 Å². The number of nitrogens with one attached hydrogen (secondary N) is 1. The molecule has 0 amide bonds. The average molecular weight is 221 g/mol. The maximum absolute atomic E-state index is 12.8. The highest BCUT2D eigenvalue weighted by atomic mass is 19.1. The summed E-state index contributed by atoms with van der Waals surface area (Å²) in [5.41, 5.74) is 1.64. The van der Waals surface area contributed by atoms with E-state index >= 15 is 0 Å². The minimum absolute atomic E-state index is 0.323. The van der Waals surface area contributed by atoms with Crippen molar-refractivity contribution < 1.29 is 8.91 Å². The first-order valence-electron chi connectivity index (χ1n) is 4.96. The van der Waals surface area contributed by atoms with Crippen LogP contribution in [0.5, 0.6) is 0 Å². The number of nitrogens with zero attached hydrogens (tertiary/aromatic N) is 2. The zero-order chi connectivity index (χ0) is 11.4. The molecule has 0 aliphatic heterocycles. The SMILES string of the molecule is Cc1cc(CNCc2cncc(F)c2)no1. The lowest BCUT2D eigenvalue weighted by Gasteiger charge is -2.01. The maximum atomic E-state index is 12.8. The molecule has 4 nitrogen and oxygen atoms in total. The van der Waals surface area contributed by atoms with E-state index in [1.165, 1.54) is 12.3 Å². The van der Waals surface area contributed by atoms with E-state index in [-0.39, 0.29) is 5.82 Å². The van der Waals surface area contributed by atoms with Gasteiger partial charge in [0.15, 0.2) is 0 Å². The summed E-state index contributed by atoms with van der Waals surface area (Å²) in [6, 6.07) is 3.31. The van der Waals surface area contributed by atoms with E-state index in [0.29, 0.717) is 13.1 Å². The summed E-state index contributed by atoms with van der Waals surface area (Å²) in [6.07, 6.45) is 2.81. The molecule has 0 aromatic carbocycles. The van der Waals surface area contributed by atoms with Crippen LogP contribution in [-0.4, -0.2) is 10.1 Å². The van der Waals surface area contributed by atoms with Crippen molar-refractivity contribution in [1.29, 1.82) is 0 Å². The number of pyridine rings is 1. The lowest BCUT2D eigenvalue weighted by Crippen LogP contribution is -2.13. The summed E-state index contributed by atoms with van der Waals surface area (Å²) in [7, 11) is 0. The van der Waals surface area contributed by atoms with Crippen molar-refractivity contribution in [3.8, 4) is 0 Å². The second-order valence-corrected chi connectivity index (χ2v) is 3.54. The van der Waals surface area contributed by atoms with Gasteiger partial charge in [-0.25, -0.2) is 4.39 Å². The second-order valence-electron chi connectivity index (χ2n) is 3.54. The Labute approximate surface area is 92.5 Å². The monoisotopic (exact) mass is 221 g/mol. The highest BCUT2D eigenvalue weighted by molar-refractivity contribution is 5.10. The Morgan fingerprint density at radius 3 is 2.88 bits per heavy atom. The van der Waals surface area contributed by atoms with Gasteiger partial charge in [-0.15, -0.1) is 0 Å². The number of aromatic nitrogens is 2. The molecule has 84 valence electrons. The molecule has 0 atom stereocenters. The maximum Gasteiger partial charge on any atom is 0.141 e. The van der Waals surface area contributed by atoms with Crippen LogP contribution in [0.25, 0.3) is 0 Å². The Morgan fingerprint density at radius 1 is 1.31 bits per heavy atom. The molecule has 0 aliphatic carbocycles. The van der Waals surface area contributed by atoms with Gasteiger partial charge in [0.2, 0.25) is 0 Å². The van der Waals surface area contributed by atoms with E-state index < -0.39 is 0 Å². The molecule has 0 saturated heterocycles. The Bertz CT molecular complexity index is 470. The fraction of sp³-hybridized carbons (Fsp3) is 0.273. The molecule has 0 fully saturated rings. The summed E-state index contributed by atoms with van der Waals surface area (Å²) in [5.74, 6) is 0.459. The largest absolute Gasteiger partial charge is 0.361 e. The van der Waals surface area contributed by atoms with Gasteiger partial charge in [-0.2, -0.15) is 0 Å². The Morgan fingerprint density at radius 2 is 2.19 bits per heavy atom. The highest BCUT2D eigenvalue weighted by Gasteiger charge is 2.00. The first-order chi connectivity index (χ1) is 7.74. The molecular formula is C11H12FN3O. The molecule has 0 aliphatic rings. The van der Waals surface area contributed by atoms with Gasteiger partial charge in [0.05, 0.1) is 11.9 Å². The van der Waals surface area contributed by atoms with Crippen LogP contribution in [0, 0.1) is 12.7 Å². The van der Waals surface area contributed by atoms with Crippen molar-refractivity contribution in [2.45, 2.75) is 20.0 Å². The van der Waals surface area contributed by atoms with Crippen LogP contribution in [0.2, 0.25) is 0 Å². The van der Waals surface area contributed by atoms with E-state index in [1.807, 2.05) is 13.0 Å². The number of hydrogen-bond donors (Lipinski definition) is 1. The second kappa shape index (κ2) is 4.85. The van der Waals surface area contributed by atoms with Crippen LogP contribution < -0.4 is 5.32 Å². The van der Waals surface area contributed by atoms with Crippen LogP contribution in [0.3, 0.4) is 0 Å². The van der Waals surface area contributed by atoms with Crippen molar-refractivity contribution in [3.63, 3.8) is 0 Å². The van der Waals surface area contributed by atoms with Crippen molar-refractivity contribution in [1.82, 2.24) is 15.5 Å². The van der Waals surface area contributed by atoms with Crippen LogP contribution in [0.15, 0.2) is 29.0 Å². The third-order valence-corrected chi connectivity index (χ3v) is 2.07. The van der Waals surface area contributed by atoms with E-state index in [4.69, 9.17) is 4.52 Å². The zero-order valence-corrected chi connectivity index (χ0v) is 8.90. The quantitative estimate of drug-likeness (QED) is 0.855. The van der Waals surface area contributed by atoms with Crippen LogP contribution in [0.1, 0.15) is 17.0 Å². The van der Waals surface area contributed by atoms with Crippen LogP contribution >= 0.6 is 0 Å². The molecule has 2 rings (SSSR count). The fourth-order valence-electron chi connectivity index (χ4n) is 1.39. The molecule has 0 spiro atoms. The van der Waals surface area contributed by atoms with Gasteiger partial charge in [-0.3, -0.25) is 4.98 Å². The Hall–Kier alpha value is -1.75. The van der Waals surface area contributed by atoms with E-state index in [1.54, 1.807) is 6.20 Å². The minimum atomic E-state index is -0.323. The smallest absolute Gasteiger partial charge is 0.141 e. The molecule has 0 radical (unpaired) electrons. The number of halogens is 1. The summed E-state index contributed by atoms with van der Waals surface area (Å²) in [5, 5.41) is 6.97. The summed E-state index contributed by atoms with van der Waals surface area (Å²) in [6.45, 7) is 2.98. The normalized spacial score (nSPS) is 10.6. The van der Waals surface area contributed by atoms with Crippen molar-refractivity contribution in [2.75, 3.05) is 0 Å². The number of hydrogen-bond acceptors (Lipinski definition) is 4. The first kappa shape index (κ1) is 10.8. The van der Waals surface area contributed by atoms with Gasteiger partial charge in [0.1, 0.15) is 11.6 Å². The molecule has 0 unspecified atom stereocenters. The van der Waals surface area contributed by atoms with Crippen molar-refractivity contribution in [2.24, 2.45) is 0 Å². The predicted octanol–water partition coefficient (Wildman–Crippen LogP) is 1.81. The number of rotatable bonds is 4. The summed E-state index contributed by atoms with van der Waals surface area (Å²) < 4.78 is 17.7. The Kier molecular flexibility index (Phi) is 3.26. The van der Waals surface area contributed by atoms with Gasteiger partial charge in [-0.1, -0.05) is 5.16 Å². The lowest BCUT2D eigenvalue weighted by molar-refractivity contribution is 0.388. The van der Waals surface area contributed by atoms with E-state index in [2.05, 4.69) is 15.5 Å². The van der Waals surface area contributed by atoms with Crippen molar-refractivity contribution in [3.05, 3.63) is 47.4 Å². The molecule has 1 N–H and O–H groups in total. The van der Waals surface area contributed by atoms with Crippen LogP contribution in [-0.2, 0) is 13.1 Å². The van der Waals surface area contributed by atoms with Gasteiger partial charge in [0, 0.05) is 25.4 Å². The molecule has 2 aromatic heterocycles. The lowest BCUT2D eigenvalue weighted by atomic mass is 10.3. The minimum Gasteiger partial charge on any atom is -0.361 e. The standard InChI is InChI=1S/C11H12FN3O/c1-8-2-11(15-16-8)7-14-5-9-3-10(12)6-13-4-9/h2-4,6,14H,5,7H2,1H3. The van der Waals surface area contributed by atoms with Gasteiger partial charge in [0.25, 0.3) is 0 Å². The highest BCUT2D eigenvalue weighted by Crippen LogP contribution is 2.03. The molecule has 5 heteroatoms. The zero-order valence-electron chi connectivity index (χ0n) is 8.90. The summed E-state index contributed by atoms with van der Waals surface area (Å²) >= 11 is 0. The first-order valence-corrected chi connectivity index (χ1v) is 4.96. The predicted molar refractivity (Wildman–Crippen MR) is 56.0 cm³/mol. The fourth-order valence-corrected chi connectivity index (χ4v) is 1.39. The molecule has 2 aromatic rings. The third kappa shape index (κ3) is 2.87. The van der Waals surface area contributed by atoms with Gasteiger partial charge < -0.3 is 9.84 Å². The molecular weight excluding hydrogens is 209 g/mol. The number of aryl methyl sites for hydroxylation is 1. The molecule has 0 saturated carbocycles. The third-order valence-electron chi connectivity index (χ3n) is 2.07. The topological polar surface area (TPSA) is 51.0 Å². The van der Waals surface area contributed by atoms with Crippen LogP contribution in [0.4, 0.5) is 4.39 Å². The Balaban J connectivity index is 1.84. The van der Waals surface area contributed by atoms with Gasteiger partial charge in [-0.05, 0) is 18.6 Å². The molecule has 0 bridgehead atoms. The molecule has 16 heavy (non-hydrogen) atoms. The summed E-state index contributed by atoms with van der Waals surface area (Å²) in [4.78, 5) is 3.76. The molecule has 2 heterocycles. The van der Waals surface area contributed by atoms with Crippen molar-refractivity contribution >= 4 is 0 Å². The average Bonchev–Trinajstić information content (AvgIpc) is 2.64.